The molecular weight excluding hydrogens is 202 g/mol. The summed E-state index contributed by atoms with van der Waals surface area (Å²) < 4.78 is 18.6. The normalized spacial score (nSPS) is 15.2. The van der Waals surface area contributed by atoms with Crippen molar-refractivity contribution >= 4 is 19.7 Å². The fourth-order valence-corrected chi connectivity index (χ4v) is 1.12. The molecule has 0 saturated heterocycles. The van der Waals surface area contributed by atoms with Gasteiger partial charge in [0.05, 0.1) is 11.9 Å². The summed E-state index contributed by atoms with van der Waals surface area (Å²) in [5, 5.41) is 0. The van der Waals surface area contributed by atoms with Crippen LogP contribution in [0.2, 0.25) is 0 Å². The van der Waals surface area contributed by atoms with Gasteiger partial charge in [-0.05, 0) is 12.1 Å². The Labute approximate surface area is 74.5 Å². The highest BCUT2D eigenvalue weighted by Gasteiger charge is 2.08. The van der Waals surface area contributed by atoms with Crippen LogP contribution >= 0.6 is 19.7 Å². The predicted molar refractivity (Wildman–Crippen MR) is 41.6 cm³/mol. The molecule has 1 aromatic carbocycles. The topological polar surface area (TPSA) is 58.6 Å². The number of benzene rings is 1. The molecule has 0 heterocycles. The average Bonchev–Trinajstić information content (AvgIpc) is 2.06. The van der Waals surface area contributed by atoms with E-state index in [1.54, 1.807) is 18.2 Å². The molecule has 66 valence electrons. The summed E-state index contributed by atoms with van der Waals surface area (Å²) >= 11 is 4.64. The largest absolute Gasteiger partial charge is 0.745 e. The Morgan fingerprint density at radius 1 is 1.33 bits per heavy atom. The van der Waals surface area contributed by atoms with E-state index in [4.69, 9.17) is 0 Å². The first kappa shape index (κ1) is 9.55. The zero-order valence-corrected chi connectivity index (χ0v) is 7.50. The van der Waals surface area contributed by atoms with E-state index >= 15 is 0 Å². The van der Waals surface area contributed by atoms with Gasteiger partial charge in [0, 0.05) is 0 Å². The lowest BCUT2D eigenvalue weighted by atomic mass is 10.3. The number of rotatable bonds is 3. The standard InChI is InChI=1S/C6H6ClO4P/c7-11-12(8,9)10-6-4-2-1-3-5-6/h1-5H,(H,8,9)/p-1. The van der Waals surface area contributed by atoms with Gasteiger partial charge in [-0.1, -0.05) is 18.2 Å². The van der Waals surface area contributed by atoms with Crippen LogP contribution in [-0.4, -0.2) is 0 Å². The van der Waals surface area contributed by atoms with E-state index in [2.05, 4.69) is 20.5 Å². The van der Waals surface area contributed by atoms with Gasteiger partial charge in [0.1, 0.15) is 5.75 Å². The van der Waals surface area contributed by atoms with E-state index in [0.29, 0.717) is 0 Å². The molecule has 0 radical (unpaired) electrons. The van der Waals surface area contributed by atoms with Crippen LogP contribution in [0, 0.1) is 0 Å². The van der Waals surface area contributed by atoms with Crippen LogP contribution in [0.15, 0.2) is 30.3 Å². The van der Waals surface area contributed by atoms with Crippen LogP contribution in [0.3, 0.4) is 0 Å². The first-order valence-electron chi connectivity index (χ1n) is 3.00. The van der Waals surface area contributed by atoms with Crippen molar-refractivity contribution in [3.05, 3.63) is 30.3 Å². The zero-order chi connectivity index (χ0) is 9.03. The van der Waals surface area contributed by atoms with Crippen LogP contribution < -0.4 is 9.42 Å². The first-order valence-corrected chi connectivity index (χ1v) is 4.77. The molecule has 0 N–H and O–H groups in total. The minimum Gasteiger partial charge on any atom is -0.745 e. The number of para-hydroxylation sites is 1. The third-order valence-corrected chi connectivity index (χ3v) is 2.16. The number of phosphoric acid groups is 1. The lowest BCUT2D eigenvalue weighted by Gasteiger charge is -2.18. The minimum absolute atomic E-state index is 0.163. The lowest BCUT2D eigenvalue weighted by Crippen LogP contribution is -2.06. The molecule has 0 aliphatic carbocycles. The zero-order valence-electron chi connectivity index (χ0n) is 5.84. The van der Waals surface area contributed by atoms with Gasteiger partial charge >= 0.3 is 7.82 Å². The fraction of sp³-hybridized carbons (Fsp3) is 0. The van der Waals surface area contributed by atoms with Crippen LogP contribution in [-0.2, 0) is 8.64 Å². The summed E-state index contributed by atoms with van der Waals surface area (Å²) in [5.41, 5.74) is 0. The molecule has 12 heavy (non-hydrogen) atoms. The number of halogens is 1. The van der Waals surface area contributed by atoms with Crippen molar-refractivity contribution in [2.45, 2.75) is 0 Å². The van der Waals surface area contributed by atoms with Crippen molar-refractivity contribution < 1.29 is 18.1 Å². The van der Waals surface area contributed by atoms with Crippen molar-refractivity contribution in [3.63, 3.8) is 0 Å². The monoisotopic (exact) mass is 207 g/mol. The lowest BCUT2D eigenvalue weighted by molar-refractivity contribution is -0.208. The fourth-order valence-electron chi connectivity index (χ4n) is 0.625. The molecule has 0 spiro atoms. The van der Waals surface area contributed by atoms with Crippen LogP contribution in [0.25, 0.3) is 0 Å². The molecule has 1 aromatic rings. The molecule has 0 amide bonds. The van der Waals surface area contributed by atoms with E-state index in [-0.39, 0.29) is 5.75 Å². The van der Waals surface area contributed by atoms with Gasteiger partial charge in [-0.15, -0.1) is 0 Å². The second kappa shape index (κ2) is 3.92. The molecule has 1 atom stereocenters. The van der Waals surface area contributed by atoms with Gasteiger partial charge in [-0.2, -0.15) is 4.08 Å². The molecule has 6 heteroatoms. The van der Waals surface area contributed by atoms with Crippen molar-refractivity contribution in [1.29, 1.82) is 0 Å². The Morgan fingerprint density at radius 2 is 1.92 bits per heavy atom. The van der Waals surface area contributed by atoms with Gasteiger partial charge < -0.3 is 9.42 Å². The first-order chi connectivity index (χ1) is 5.64. The van der Waals surface area contributed by atoms with Gasteiger partial charge in [-0.25, -0.2) is 0 Å². The summed E-state index contributed by atoms with van der Waals surface area (Å²) in [5.74, 6) is 0.163. The summed E-state index contributed by atoms with van der Waals surface area (Å²) in [6, 6.07) is 7.93. The number of phosphoric ester groups is 1. The smallest absolute Gasteiger partial charge is 0.336 e. The van der Waals surface area contributed by atoms with Crippen LogP contribution in [0.4, 0.5) is 0 Å². The summed E-state index contributed by atoms with van der Waals surface area (Å²) in [4.78, 5) is 10.6. The summed E-state index contributed by atoms with van der Waals surface area (Å²) in [6.45, 7) is 0. The molecule has 0 aromatic heterocycles. The SMILES string of the molecule is O=P([O-])(OCl)Oc1ccccc1. The molecule has 1 unspecified atom stereocenters. The Hall–Kier alpha value is -0.540. The molecule has 0 aliphatic rings. The maximum atomic E-state index is 10.6. The van der Waals surface area contributed by atoms with E-state index in [9.17, 15) is 9.46 Å². The molecule has 4 nitrogen and oxygen atoms in total. The minimum atomic E-state index is -4.38. The Balaban J connectivity index is 2.71. The molecule has 0 bridgehead atoms. The van der Waals surface area contributed by atoms with Gasteiger partial charge in [0.25, 0.3) is 0 Å². The molecule has 0 aliphatic heterocycles. The molecular formula is C6H5ClO4P-. The Bertz CT molecular complexity index is 289. The number of hydrogen-bond acceptors (Lipinski definition) is 4. The maximum absolute atomic E-state index is 10.6. The van der Waals surface area contributed by atoms with Gasteiger partial charge in [0.2, 0.25) is 0 Å². The maximum Gasteiger partial charge on any atom is 0.336 e. The average molecular weight is 208 g/mol. The van der Waals surface area contributed by atoms with Crippen molar-refractivity contribution in [2.75, 3.05) is 0 Å². The second-order valence-electron chi connectivity index (χ2n) is 1.92. The highest BCUT2D eigenvalue weighted by atomic mass is 35.5. The van der Waals surface area contributed by atoms with Crippen LogP contribution in [0.1, 0.15) is 0 Å². The Morgan fingerprint density at radius 3 is 2.42 bits per heavy atom. The van der Waals surface area contributed by atoms with E-state index in [1.165, 1.54) is 12.1 Å². The highest BCUT2D eigenvalue weighted by molar-refractivity contribution is 7.47. The summed E-state index contributed by atoms with van der Waals surface area (Å²) in [7, 11) is -4.38. The van der Waals surface area contributed by atoms with Gasteiger partial charge in [0.15, 0.2) is 0 Å². The van der Waals surface area contributed by atoms with Crippen LogP contribution in [0.5, 0.6) is 5.75 Å². The molecule has 1 rings (SSSR count). The predicted octanol–water partition coefficient (Wildman–Crippen LogP) is 1.70. The van der Waals surface area contributed by atoms with Crippen molar-refractivity contribution in [3.8, 4) is 5.75 Å². The quantitative estimate of drug-likeness (QED) is 0.708. The third kappa shape index (κ3) is 2.83. The summed E-state index contributed by atoms with van der Waals surface area (Å²) in [6.07, 6.45) is 0. The number of hydrogen-bond donors (Lipinski definition) is 0. The molecule has 0 saturated carbocycles. The molecule has 0 fully saturated rings. The van der Waals surface area contributed by atoms with E-state index in [0.717, 1.165) is 0 Å². The Kier molecular flexibility index (Phi) is 3.12. The van der Waals surface area contributed by atoms with Crippen molar-refractivity contribution in [2.24, 2.45) is 0 Å². The van der Waals surface area contributed by atoms with E-state index < -0.39 is 7.82 Å². The van der Waals surface area contributed by atoms with E-state index in [1.807, 2.05) is 0 Å². The van der Waals surface area contributed by atoms with Gasteiger partial charge in [-0.3, -0.25) is 4.57 Å². The van der Waals surface area contributed by atoms with Crippen molar-refractivity contribution in [1.82, 2.24) is 0 Å². The second-order valence-corrected chi connectivity index (χ2v) is 3.55. The highest BCUT2D eigenvalue weighted by Crippen LogP contribution is 2.40. The third-order valence-electron chi connectivity index (χ3n) is 1.04.